The largest absolute Gasteiger partial charge is 0.478 e. The van der Waals surface area contributed by atoms with Gasteiger partial charge in [-0.15, -0.1) is 0 Å². The molecule has 2 unspecified atom stereocenters. The van der Waals surface area contributed by atoms with Gasteiger partial charge in [0.15, 0.2) is 0 Å². The second-order valence-electron chi connectivity index (χ2n) is 4.84. The molecular formula is C14H18O4S2. The summed E-state index contributed by atoms with van der Waals surface area (Å²) >= 11 is 8.61. The lowest BCUT2D eigenvalue weighted by atomic mass is 9.90. The molecule has 2 N–H and O–H groups in total. The standard InChI is InChI=1S/C14H18O4S2/c1-7(19)5-9-3-4-10(13(15)16)12(14(17)18)11(9)6-8(2)20/h3-4,7-8,19-20H,5-6H2,1-2H3,(H,15,16)(H,17,18). The van der Waals surface area contributed by atoms with Gasteiger partial charge in [0.25, 0.3) is 0 Å². The zero-order chi connectivity index (χ0) is 15.4. The van der Waals surface area contributed by atoms with Crippen molar-refractivity contribution in [1.82, 2.24) is 0 Å². The molecular weight excluding hydrogens is 296 g/mol. The van der Waals surface area contributed by atoms with E-state index in [1.54, 1.807) is 6.07 Å². The van der Waals surface area contributed by atoms with Gasteiger partial charge in [-0.2, -0.15) is 25.3 Å². The van der Waals surface area contributed by atoms with Crippen LogP contribution in [0, 0.1) is 0 Å². The fourth-order valence-corrected chi connectivity index (χ4v) is 2.53. The molecule has 4 nitrogen and oxygen atoms in total. The Morgan fingerprint density at radius 1 is 1.05 bits per heavy atom. The van der Waals surface area contributed by atoms with Crippen molar-refractivity contribution in [2.45, 2.75) is 37.2 Å². The van der Waals surface area contributed by atoms with Crippen molar-refractivity contribution >= 4 is 37.2 Å². The molecule has 20 heavy (non-hydrogen) atoms. The quantitative estimate of drug-likeness (QED) is 0.609. The summed E-state index contributed by atoms with van der Waals surface area (Å²) < 4.78 is 0. The minimum atomic E-state index is -1.24. The van der Waals surface area contributed by atoms with Crippen molar-refractivity contribution in [3.05, 3.63) is 34.4 Å². The van der Waals surface area contributed by atoms with Crippen LogP contribution in [0.25, 0.3) is 0 Å². The second-order valence-corrected chi connectivity index (χ2v) is 6.61. The number of thiol groups is 2. The van der Waals surface area contributed by atoms with Gasteiger partial charge in [-0.05, 0) is 30.0 Å². The van der Waals surface area contributed by atoms with E-state index in [0.717, 1.165) is 5.56 Å². The first-order valence-electron chi connectivity index (χ1n) is 6.21. The number of rotatable bonds is 6. The smallest absolute Gasteiger partial charge is 0.336 e. The van der Waals surface area contributed by atoms with E-state index in [2.05, 4.69) is 25.3 Å². The lowest BCUT2D eigenvalue weighted by Gasteiger charge is -2.17. The molecule has 0 radical (unpaired) electrons. The summed E-state index contributed by atoms with van der Waals surface area (Å²) in [6.45, 7) is 3.75. The van der Waals surface area contributed by atoms with E-state index in [4.69, 9.17) is 5.11 Å². The second kappa shape index (κ2) is 7.04. The topological polar surface area (TPSA) is 74.6 Å². The maximum Gasteiger partial charge on any atom is 0.336 e. The summed E-state index contributed by atoms with van der Waals surface area (Å²) in [6.07, 6.45) is 0.987. The lowest BCUT2D eigenvalue weighted by Crippen LogP contribution is -2.17. The molecule has 0 aliphatic rings. The van der Waals surface area contributed by atoms with Gasteiger partial charge in [0.05, 0.1) is 11.1 Å². The van der Waals surface area contributed by atoms with Gasteiger partial charge in [-0.3, -0.25) is 0 Å². The van der Waals surface area contributed by atoms with Crippen LogP contribution in [0.5, 0.6) is 0 Å². The molecule has 1 aromatic carbocycles. The number of benzene rings is 1. The van der Waals surface area contributed by atoms with Crippen molar-refractivity contribution in [3.63, 3.8) is 0 Å². The first-order chi connectivity index (χ1) is 9.23. The third kappa shape index (κ3) is 4.18. The van der Waals surface area contributed by atoms with Crippen LogP contribution >= 0.6 is 25.3 Å². The molecule has 0 bridgehead atoms. The van der Waals surface area contributed by atoms with Crippen molar-refractivity contribution in [2.75, 3.05) is 0 Å². The van der Waals surface area contributed by atoms with E-state index >= 15 is 0 Å². The maximum absolute atomic E-state index is 11.5. The molecule has 0 fully saturated rings. The van der Waals surface area contributed by atoms with Crippen molar-refractivity contribution in [3.8, 4) is 0 Å². The average Bonchev–Trinajstić information content (AvgIpc) is 2.28. The summed E-state index contributed by atoms with van der Waals surface area (Å²) in [7, 11) is 0. The van der Waals surface area contributed by atoms with Crippen molar-refractivity contribution < 1.29 is 19.8 Å². The van der Waals surface area contributed by atoms with Crippen molar-refractivity contribution in [1.29, 1.82) is 0 Å². The van der Waals surface area contributed by atoms with Crippen LogP contribution in [0.2, 0.25) is 0 Å². The Hall–Kier alpha value is -1.14. The van der Waals surface area contributed by atoms with E-state index < -0.39 is 11.9 Å². The number of hydrogen-bond donors (Lipinski definition) is 4. The summed E-state index contributed by atoms with van der Waals surface area (Å²) in [4.78, 5) is 22.7. The van der Waals surface area contributed by atoms with E-state index in [1.165, 1.54) is 6.07 Å². The van der Waals surface area contributed by atoms with E-state index in [0.29, 0.717) is 18.4 Å². The Morgan fingerprint density at radius 3 is 2.00 bits per heavy atom. The van der Waals surface area contributed by atoms with Gasteiger partial charge in [-0.1, -0.05) is 19.9 Å². The Balaban J connectivity index is 3.52. The summed E-state index contributed by atoms with van der Waals surface area (Å²) in [6, 6.07) is 3.03. The zero-order valence-corrected chi connectivity index (χ0v) is 13.1. The van der Waals surface area contributed by atoms with Gasteiger partial charge in [0.2, 0.25) is 0 Å². The molecule has 0 spiro atoms. The fourth-order valence-electron chi connectivity index (χ4n) is 2.15. The minimum Gasteiger partial charge on any atom is -0.478 e. The number of carboxylic acids is 2. The highest BCUT2D eigenvalue weighted by atomic mass is 32.1. The van der Waals surface area contributed by atoms with Gasteiger partial charge in [0, 0.05) is 10.5 Å². The SMILES string of the molecule is CC(S)Cc1ccc(C(=O)O)c(C(=O)O)c1CC(C)S. The summed E-state index contributed by atoms with van der Waals surface area (Å²) in [5, 5.41) is 18.5. The monoisotopic (exact) mass is 314 g/mol. The third-order valence-electron chi connectivity index (χ3n) is 2.87. The molecule has 1 rings (SSSR count). The van der Waals surface area contributed by atoms with E-state index in [-0.39, 0.29) is 21.6 Å². The Labute approximate surface area is 129 Å². The number of aromatic carboxylic acids is 2. The van der Waals surface area contributed by atoms with Crippen LogP contribution in [0.3, 0.4) is 0 Å². The van der Waals surface area contributed by atoms with E-state index in [1.807, 2.05) is 13.8 Å². The minimum absolute atomic E-state index is 0.0568. The maximum atomic E-state index is 11.5. The predicted molar refractivity (Wildman–Crippen MR) is 84.7 cm³/mol. The van der Waals surface area contributed by atoms with Gasteiger partial charge in [-0.25, -0.2) is 9.59 Å². The molecule has 2 atom stereocenters. The van der Waals surface area contributed by atoms with E-state index in [9.17, 15) is 14.7 Å². The Morgan fingerprint density at radius 2 is 1.60 bits per heavy atom. The highest BCUT2D eigenvalue weighted by molar-refractivity contribution is 7.81. The highest BCUT2D eigenvalue weighted by Crippen LogP contribution is 2.25. The molecule has 0 heterocycles. The third-order valence-corrected chi connectivity index (χ3v) is 3.23. The predicted octanol–water partition coefficient (Wildman–Crippen LogP) is 2.80. The zero-order valence-electron chi connectivity index (χ0n) is 11.3. The molecule has 0 aromatic heterocycles. The Bertz CT molecular complexity index is 524. The molecule has 0 saturated carbocycles. The Kier molecular flexibility index (Phi) is 5.95. The number of carbonyl (C=O) groups is 2. The van der Waals surface area contributed by atoms with Crippen LogP contribution in [0.15, 0.2) is 12.1 Å². The van der Waals surface area contributed by atoms with Crippen LogP contribution in [0.1, 0.15) is 45.7 Å². The molecule has 1 aromatic rings. The van der Waals surface area contributed by atoms with Crippen molar-refractivity contribution in [2.24, 2.45) is 0 Å². The van der Waals surface area contributed by atoms with Gasteiger partial charge < -0.3 is 10.2 Å². The molecule has 0 aliphatic carbocycles. The normalized spacial score (nSPS) is 13.8. The average molecular weight is 314 g/mol. The first-order valence-corrected chi connectivity index (χ1v) is 7.24. The van der Waals surface area contributed by atoms with Crippen LogP contribution in [-0.2, 0) is 12.8 Å². The van der Waals surface area contributed by atoms with Gasteiger partial charge >= 0.3 is 11.9 Å². The van der Waals surface area contributed by atoms with Crippen LogP contribution in [-0.4, -0.2) is 32.7 Å². The molecule has 110 valence electrons. The van der Waals surface area contributed by atoms with Crippen LogP contribution in [0.4, 0.5) is 0 Å². The molecule has 0 amide bonds. The summed E-state index contributed by atoms with van der Waals surface area (Å²) in [5.74, 6) is -2.46. The first kappa shape index (κ1) is 16.9. The fraction of sp³-hybridized carbons (Fsp3) is 0.429. The molecule has 6 heteroatoms. The van der Waals surface area contributed by atoms with Gasteiger partial charge in [0.1, 0.15) is 0 Å². The molecule has 0 aliphatic heterocycles. The highest BCUT2D eigenvalue weighted by Gasteiger charge is 2.23. The van der Waals surface area contributed by atoms with Crippen LogP contribution < -0.4 is 0 Å². The number of hydrogen-bond acceptors (Lipinski definition) is 4. The lowest BCUT2D eigenvalue weighted by molar-refractivity contribution is 0.0650. The summed E-state index contributed by atoms with van der Waals surface area (Å²) in [5.41, 5.74) is 1.04. The number of carboxylic acid groups (broad SMARTS) is 2. The molecule has 0 saturated heterocycles.